The van der Waals surface area contributed by atoms with Crippen LogP contribution in [0.1, 0.15) is 12.5 Å². The molecule has 1 aliphatic rings. The molecule has 0 radical (unpaired) electrons. The molecule has 1 aliphatic heterocycles. The van der Waals surface area contributed by atoms with Crippen LogP contribution in [0.15, 0.2) is 30.3 Å². The molecule has 6 heteroatoms. The van der Waals surface area contributed by atoms with Crippen molar-refractivity contribution in [1.82, 2.24) is 14.7 Å². The molecule has 1 saturated heterocycles. The summed E-state index contributed by atoms with van der Waals surface area (Å²) in [4.78, 5) is 30.2. The van der Waals surface area contributed by atoms with E-state index in [1.165, 1.54) is 4.90 Å². The SMILES string of the molecule is CCN1CCN(C(=O)C(=O)N(CCO)Cc2ccccc2)CC1. The summed E-state index contributed by atoms with van der Waals surface area (Å²) in [6.45, 7) is 6.15. The minimum absolute atomic E-state index is 0.157. The number of piperazine rings is 1. The number of hydrogen-bond acceptors (Lipinski definition) is 4. The van der Waals surface area contributed by atoms with Crippen molar-refractivity contribution < 1.29 is 14.7 Å². The molecule has 0 bridgehead atoms. The first-order chi connectivity index (χ1) is 11.2. The van der Waals surface area contributed by atoms with Crippen molar-refractivity contribution in [2.45, 2.75) is 13.5 Å². The van der Waals surface area contributed by atoms with Gasteiger partial charge in [-0.05, 0) is 12.1 Å². The molecule has 2 rings (SSSR count). The molecule has 2 amide bonds. The van der Waals surface area contributed by atoms with Gasteiger partial charge < -0.3 is 19.8 Å². The first-order valence-corrected chi connectivity index (χ1v) is 8.11. The topological polar surface area (TPSA) is 64.1 Å². The Balaban J connectivity index is 1.98. The van der Waals surface area contributed by atoms with Crippen molar-refractivity contribution in [3.05, 3.63) is 35.9 Å². The fourth-order valence-corrected chi connectivity index (χ4v) is 2.71. The van der Waals surface area contributed by atoms with Gasteiger partial charge in [-0.3, -0.25) is 9.59 Å². The van der Waals surface area contributed by atoms with Gasteiger partial charge in [-0.2, -0.15) is 0 Å². The molecule has 6 nitrogen and oxygen atoms in total. The van der Waals surface area contributed by atoms with E-state index in [-0.39, 0.29) is 13.2 Å². The van der Waals surface area contributed by atoms with Crippen LogP contribution in [0.4, 0.5) is 0 Å². The molecule has 0 aromatic heterocycles. The Morgan fingerprint density at radius 1 is 1.13 bits per heavy atom. The van der Waals surface area contributed by atoms with Crippen molar-refractivity contribution in [2.75, 3.05) is 45.9 Å². The summed E-state index contributed by atoms with van der Waals surface area (Å²) < 4.78 is 0. The van der Waals surface area contributed by atoms with Crippen LogP contribution in [-0.4, -0.2) is 77.5 Å². The first-order valence-electron chi connectivity index (χ1n) is 8.11. The second-order valence-electron chi connectivity index (χ2n) is 5.66. The lowest BCUT2D eigenvalue weighted by molar-refractivity contribution is -0.153. The lowest BCUT2D eigenvalue weighted by atomic mass is 10.2. The van der Waals surface area contributed by atoms with Crippen LogP contribution < -0.4 is 0 Å². The van der Waals surface area contributed by atoms with E-state index in [4.69, 9.17) is 0 Å². The number of benzene rings is 1. The second-order valence-corrected chi connectivity index (χ2v) is 5.66. The van der Waals surface area contributed by atoms with Gasteiger partial charge in [-0.15, -0.1) is 0 Å². The van der Waals surface area contributed by atoms with Crippen molar-refractivity contribution in [1.29, 1.82) is 0 Å². The number of nitrogens with zero attached hydrogens (tertiary/aromatic N) is 3. The molecule has 1 N–H and O–H groups in total. The van der Waals surface area contributed by atoms with E-state index in [1.807, 2.05) is 30.3 Å². The highest BCUT2D eigenvalue weighted by Crippen LogP contribution is 2.08. The fourth-order valence-electron chi connectivity index (χ4n) is 2.71. The molecule has 1 aromatic carbocycles. The van der Waals surface area contributed by atoms with E-state index in [1.54, 1.807) is 4.90 Å². The first kappa shape index (κ1) is 17.4. The van der Waals surface area contributed by atoms with E-state index in [9.17, 15) is 14.7 Å². The Kier molecular flexibility index (Phi) is 6.55. The number of likely N-dealkylation sites (N-methyl/N-ethyl adjacent to an activating group) is 1. The monoisotopic (exact) mass is 319 g/mol. The quantitative estimate of drug-likeness (QED) is 0.786. The lowest BCUT2D eigenvalue weighted by Gasteiger charge is -2.34. The Morgan fingerprint density at radius 3 is 2.35 bits per heavy atom. The zero-order chi connectivity index (χ0) is 16.7. The maximum absolute atomic E-state index is 12.5. The van der Waals surface area contributed by atoms with Gasteiger partial charge in [0.05, 0.1) is 6.61 Å². The zero-order valence-corrected chi connectivity index (χ0v) is 13.6. The van der Waals surface area contributed by atoms with E-state index in [0.717, 1.165) is 25.2 Å². The predicted octanol–water partition coefficient (Wildman–Crippen LogP) is 0.172. The van der Waals surface area contributed by atoms with Gasteiger partial charge in [0.15, 0.2) is 0 Å². The number of hydrogen-bond donors (Lipinski definition) is 1. The number of rotatable bonds is 5. The third kappa shape index (κ3) is 4.77. The summed E-state index contributed by atoms with van der Waals surface area (Å²) in [6, 6.07) is 9.50. The van der Waals surface area contributed by atoms with Crippen LogP contribution in [0, 0.1) is 0 Å². The molecule has 0 atom stereocenters. The van der Waals surface area contributed by atoms with Gasteiger partial charge >= 0.3 is 11.8 Å². The summed E-state index contributed by atoms with van der Waals surface area (Å²) >= 11 is 0. The number of aliphatic hydroxyl groups excluding tert-OH is 1. The Hall–Kier alpha value is -1.92. The number of aliphatic hydroxyl groups is 1. The largest absolute Gasteiger partial charge is 0.395 e. The summed E-state index contributed by atoms with van der Waals surface area (Å²) in [5, 5.41) is 9.20. The fraction of sp³-hybridized carbons (Fsp3) is 0.529. The van der Waals surface area contributed by atoms with Crippen molar-refractivity contribution in [3.8, 4) is 0 Å². The summed E-state index contributed by atoms with van der Waals surface area (Å²) in [7, 11) is 0. The summed E-state index contributed by atoms with van der Waals surface area (Å²) in [5.41, 5.74) is 0.943. The van der Waals surface area contributed by atoms with Gasteiger partial charge in [0.2, 0.25) is 0 Å². The van der Waals surface area contributed by atoms with Crippen molar-refractivity contribution in [2.24, 2.45) is 0 Å². The van der Waals surface area contributed by atoms with Gasteiger partial charge in [0.1, 0.15) is 0 Å². The molecule has 0 aliphatic carbocycles. The summed E-state index contributed by atoms with van der Waals surface area (Å²) in [6.07, 6.45) is 0. The van der Waals surface area contributed by atoms with Gasteiger partial charge in [-0.25, -0.2) is 0 Å². The highest BCUT2D eigenvalue weighted by Gasteiger charge is 2.29. The zero-order valence-electron chi connectivity index (χ0n) is 13.6. The number of amides is 2. The molecule has 0 unspecified atom stereocenters. The van der Waals surface area contributed by atoms with Crippen LogP contribution in [0.2, 0.25) is 0 Å². The van der Waals surface area contributed by atoms with E-state index in [2.05, 4.69) is 11.8 Å². The molecule has 1 fully saturated rings. The molecule has 0 spiro atoms. The smallest absolute Gasteiger partial charge is 0.312 e. The predicted molar refractivity (Wildman–Crippen MR) is 87.6 cm³/mol. The third-order valence-corrected chi connectivity index (χ3v) is 4.16. The Bertz CT molecular complexity index is 513. The molecule has 0 saturated carbocycles. The third-order valence-electron chi connectivity index (χ3n) is 4.16. The maximum Gasteiger partial charge on any atom is 0.312 e. The highest BCUT2D eigenvalue weighted by molar-refractivity contribution is 6.34. The van der Waals surface area contributed by atoms with Crippen LogP contribution in [0.3, 0.4) is 0 Å². The van der Waals surface area contributed by atoms with Crippen LogP contribution in [0.25, 0.3) is 0 Å². The number of carbonyl (C=O) groups excluding carboxylic acids is 2. The standard InChI is InChI=1S/C17H25N3O3/c1-2-18-8-10-19(11-9-18)16(22)17(23)20(12-13-21)14-15-6-4-3-5-7-15/h3-7,21H,2,8-14H2,1H3. The van der Waals surface area contributed by atoms with Gasteiger partial charge in [-0.1, -0.05) is 37.3 Å². The molecule has 1 heterocycles. The molecule has 1 aromatic rings. The Labute approximate surface area is 137 Å². The van der Waals surface area contributed by atoms with Gasteiger partial charge in [0, 0.05) is 39.3 Å². The van der Waals surface area contributed by atoms with Crippen molar-refractivity contribution >= 4 is 11.8 Å². The lowest BCUT2D eigenvalue weighted by Crippen LogP contribution is -2.53. The van der Waals surface area contributed by atoms with Gasteiger partial charge in [0.25, 0.3) is 0 Å². The second kappa shape index (κ2) is 8.64. The van der Waals surface area contributed by atoms with E-state index < -0.39 is 11.8 Å². The average molecular weight is 319 g/mol. The number of carbonyl (C=O) groups is 2. The minimum atomic E-state index is -0.534. The molecule has 126 valence electrons. The Morgan fingerprint density at radius 2 is 1.78 bits per heavy atom. The average Bonchev–Trinajstić information content (AvgIpc) is 2.61. The van der Waals surface area contributed by atoms with E-state index in [0.29, 0.717) is 19.6 Å². The van der Waals surface area contributed by atoms with Crippen LogP contribution >= 0.6 is 0 Å². The van der Waals surface area contributed by atoms with E-state index >= 15 is 0 Å². The van der Waals surface area contributed by atoms with Crippen LogP contribution in [0.5, 0.6) is 0 Å². The minimum Gasteiger partial charge on any atom is -0.395 e. The van der Waals surface area contributed by atoms with Crippen molar-refractivity contribution in [3.63, 3.8) is 0 Å². The normalized spacial score (nSPS) is 15.5. The summed E-state index contributed by atoms with van der Waals surface area (Å²) in [5.74, 6) is -1.00. The van der Waals surface area contributed by atoms with Crippen LogP contribution in [-0.2, 0) is 16.1 Å². The molecular formula is C17H25N3O3. The molecular weight excluding hydrogens is 294 g/mol. The highest BCUT2D eigenvalue weighted by atomic mass is 16.3. The molecule has 23 heavy (non-hydrogen) atoms. The maximum atomic E-state index is 12.5.